The minimum absolute atomic E-state index is 0.166. The van der Waals surface area contributed by atoms with Crippen molar-refractivity contribution in [2.45, 2.75) is 13.8 Å². The molecule has 100 valence electrons. The second-order valence-corrected chi connectivity index (χ2v) is 4.47. The summed E-state index contributed by atoms with van der Waals surface area (Å²) in [6.45, 7) is 5.78. The van der Waals surface area contributed by atoms with Crippen molar-refractivity contribution < 1.29 is 9.53 Å². The van der Waals surface area contributed by atoms with E-state index in [2.05, 4.69) is 23.8 Å². The number of nitrogens with two attached hydrogens (primary N) is 1. The van der Waals surface area contributed by atoms with E-state index >= 15 is 0 Å². The molecule has 18 heavy (non-hydrogen) atoms. The lowest BCUT2D eigenvalue weighted by Crippen LogP contribution is -2.37. The van der Waals surface area contributed by atoms with Gasteiger partial charge in [-0.1, -0.05) is 13.8 Å². The van der Waals surface area contributed by atoms with Crippen molar-refractivity contribution in [3.05, 3.63) is 18.1 Å². The zero-order valence-electron chi connectivity index (χ0n) is 11.1. The molecule has 0 aliphatic heterocycles. The molecule has 6 heteroatoms. The molecular weight excluding hydrogens is 232 g/mol. The monoisotopic (exact) mass is 252 g/mol. The number of anilines is 1. The average Bonchev–Trinajstić information content (AvgIpc) is 2.33. The van der Waals surface area contributed by atoms with E-state index in [0.717, 1.165) is 0 Å². The number of ether oxygens (including phenoxy) is 1. The Bertz CT molecular complexity index is 395. The second-order valence-electron chi connectivity index (χ2n) is 4.47. The number of nitrogens with zero attached hydrogens (tertiary/aromatic N) is 3. The van der Waals surface area contributed by atoms with E-state index in [1.807, 2.05) is 0 Å². The van der Waals surface area contributed by atoms with Crippen LogP contribution in [0.4, 0.5) is 5.82 Å². The van der Waals surface area contributed by atoms with Gasteiger partial charge in [0.25, 0.3) is 5.91 Å². The molecule has 0 aromatic carbocycles. The van der Waals surface area contributed by atoms with Gasteiger partial charge in [-0.3, -0.25) is 9.78 Å². The molecule has 6 nitrogen and oxygen atoms in total. The second kappa shape index (κ2) is 6.90. The third kappa shape index (κ3) is 4.29. The Hall–Kier alpha value is -1.69. The van der Waals surface area contributed by atoms with Gasteiger partial charge in [0.05, 0.1) is 19.0 Å². The molecule has 1 rings (SSSR count). The van der Waals surface area contributed by atoms with Crippen molar-refractivity contribution in [3.63, 3.8) is 0 Å². The third-order valence-corrected chi connectivity index (χ3v) is 2.31. The molecule has 0 aliphatic carbocycles. The van der Waals surface area contributed by atoms with Gasteiger partial charge in [-0.2, -0.15) is 0 Å². The van der Waals surface area contributed by atoms with Gasteiger partial charge in [0.1, 0.15) is 11.5 Å². The lowest BCUT2D eigenvalue weighted by Gasteiger charge is -2.23. The molecule has 0 saturated heterocycles. The fourth-order valence-electron chi connectivity index (χ4n) is 1.56. The van der Waals surface area contributed by atoms with E-state index in [-0.39, 0.29) is 17.4 Å². The maximum Gasteiger partial charge on any atom is 0.274 e. The molecule has 0 radical (unpaired) electrons. The first-order valence-electron chi connectivity index (χ1n) is 5.90. The smallest absolute Gasteiger partial charge is 0.274 e. The molecule has 2 N–H and O–H groups in total. The van der Waals surface area contributed by atoms with Crippen molar-refractivity contribution in [2.24, 2.45) is 5.92 Å². The van der Waals surface area contributed by atoms with Crippen LogP contribution >= 0.6 is 0 Å². The van der Waals surface area contributed by atoms with E-state index in [4.69, 9.17) is 10.5 Å². The Morgan fingerprint density at radius 3 is 2.78 bits per heavy atom. The first kappa shape index (κ1) is 14.4. The van der Waals surface area contributed by atoms with Gasteiger partial charge in [-0.05, 0) is 5.92 Å². The summed E-state index contributed by atoms with van der Waals surface area (Å²) in [5.74, 6) is 0.456. The van der Waals surface area contributed by atoms with Gasteiger partial charge >= 0.3 is 0 Å². The molecule has 0 unspecified atom stereocenters. The van der Waals surface area contributed by atoms with Gasteiger partial charge in [-0.25, -0.2) is 4.98 Å². The SMILES string of the molecule is COCCN(CC(C)C)C(=O)c1cncc(N)n1. The number of carbonyl (C=O) groups excluding carboxylic acids is 1. The maximum atomic E-state index is 12.3. The highest BCUT2D eigenvalue weighted by Crippen LogP contribution is 2.06. The summed E-state index contributed by atoms with van der Waals surface area (Å²) in [7, 11) is 1.61. The zero-order valence-corrected chi connectivity index (χ0v) is 11.1. The topological polar surface area (TPSA) is 81.3 Å². The van der Waals surface area contributed by atoms with Gasteiger partial charge in [0.2, 0.25) is 0 Å². The van der Waals surface area contributed by atoms with Gasteiger partial charge < -0.3 is 15.4 Å². The van der Waals surface area contributed by atoms with E-state index in [0.29, 0.717) is 25.6 Å². The van der Waals surface area contributed by atoms with Crippen LogP contribution < -0.4 is 5.73 Å². The number of hydrogen-bond acceptors (Lipinski definition) is 5. The molecule has 0 saturated carbocycles. The van der Waals surface area contributed by atoms with Gasteiger partial charge in [0, 0.05) is 20.2 Å². The minimum atomic E-state index is -0.166. The average molecular weight is 252 g/mol. The normalized spacial score (nSPS) is 10.7. The van der Waals surface area contributed by atoms with Crippen LogP contribution in [0.5, 0.6) is 0 Å². The number of nitrogen functional groups attached to an aromatic ring is 1. The van der Waals surface area contributed by atoms with Crippen molar-refractivity contribution in [1.82, 2.24) is 14.9 Å². The van der Waals surface area contributed by atoms with Crippen LogP contribution in [0.15, 0.2) is 12.4 Å². The van der Waals surface area contributed by atoms with Crippen molar-refractivity contribution in [2.75, 3.05) is 32.5 Å². The molecule has 1 heterocycles. The molecule has 0 fully saturated rings. The number of carbonyl (C=O) groups is 1. The highest BCUT2D eigenvalue weighted by Gasteiger charge is 2.18. The molecule has 1 amide bonds. The van der Waals surface area contributed by atoms with Crippen molar-refractivity contribution in [1.29, 1.82) is 0 Å². The Kier molecular flexibility index (Phi) is 5.51. The quantitative estimate of drug-likeness (QED) is 0.810. The summed E-state index contributed by atoms with van der Waals surface area (Å²) in [4.78, 5) is 21.8. The fourth-order valence-corrected chi connectivity index (χ4v) is 1.56. The van der Waals surface area contributed by atoms with Crippen LogP contribution in [0.1, 0.15) is 24.3 Å². The van der Waals surface area contributed by atoms with Crippen LogP contribution in [0.3, 0.4) is 0 Å². The Balaban J connectivity index is 2.80. The Morgan fingerprint density at radius 1 is 1.50 bits per heavy atom. The van der Waals surface area contributed by atoms with Crippen LogP contribution in [0.2, 0.25) is 0 Å². The number of amides is 1. The Morgan fingerprint density at radius 2 is 2.22 bits per heavy atom. The van der Waals surface area contributed by atoms with Gasteiger partial charge in [0.15, 0.2) is 0 Å². The van der Waals surface area contributed by atoms with E-state index in [9.17, 15) is 4.79 Å². The fraction of sp³-hybridized carbons (Fsp3) is 0.583. The number of hydrogen-bond donors (Lipinski definition) is 1. The van der Waals surface area contributed by atoms with Crippen LogP contribution in [-0.4, -0.2) is 47.6 Å². The van der Waals surface area contributed by atoms with E-state index in [1.165, 1.54) is 12.4 Å². The number of aromatic nitrogens is 2. The summed E-state index contributed by atoms with van der Waals surface area (Å²) in [6, 6.07) is 0. The summed E-state index contributed by atoms with van der Waals surface area (Å²) in [5.41, 5.74) is 5.80. The van der Waals surface area contributed by atoms with E-state index in [1.54, 1.807) is 12.0 Å². The molecule has 0 aliphatic rings. The lowest BCUT2D eigenvalue weighted by molar-refractivity contribution is 0.0666. The maximum absolute atomic E-state index is 12.3. The van der Waals surface area contributed by atoms with Crippen LogP contribution in [-0.2, 0) is 4.74 Å². The first-order valence-corrected chi connectivity index (χ1v) is 5.90. The number of rotatable bonds is 6. The van der Waals surface area contributed by atoms with Crippen LogP contribution in [0, 0.1) is 5.92 Å². The molecule has 0 atom stereocenters. The summed E-state index contributed by atoms with van der Waals surface area (Å²) >= 11 is 0. The summed E-state index contributed by atoms with van der Waals surface area (Å²) < 4.78 is 5.01. The van der Waals surface area contributed by atoms with E-state index < -0.39 is 0 Å². The highest BCUT2D eigenvalue weighted by atomic mass is 16.5. The minimum Gasteiger partial charge on any atom is -0.383 e. The predicted molar refractivity (Wildman–Crippen MR) is 69.1 cm³/mol. The standard InChI is InChI=1S/C12H20N4O2/c1-9(2)8-16(4-5-18-3)12(17)10-6-14-7-11(13)15-10/h6-7,9H,4-5,8H2,1-3H3,(H2,13,15). The van der Waals surface area contributed by atoms with Crippen LogP contribution in [0.25, 0.3) is 0 Å². The predicted octanol–water partition coefficient (Wildman–Crippen LogP) is 0.803. The van der Waals surface area contributed by atoms with Gasteiger partial charge in [-0.15, -0.1) is 0 Å². The molecule has 1 aromatic heterocycles. The molecule has 0 bridgehead atoms. The lowest BCUT2D eigenvalue weighted by atomic mass is 10.2. The highest BCUT2D eigenvalue weighted by molar-refractivity contribution is 5.92. The van der Waals surface area contributed by atoms with Crippen molar-refractivity contribution >= 4 is 11.7 Å². The number of methoxy groups -OCH3 is 1. The third-order valence-electron chi connectivity index (χ3n) is 2.31. The zero-order chi connectivity index (χ0) is 13.5. The summed E-state index contributed by atoms with van der Waals surface area (Å²) in [5, 5.41) is 0. The Labute approximate surface area is 107 Å². The largest absolute Gasteiger partial charge is 0.383 e. The molecule has 0 spiro atoms. The molecular formula is C12H20N4O2. The molecule has 1 aromatic rings. The van der Waals surface area contributed by atoms with Crippen molar-refractivity contribution in [3.8, 4) is 0 Å². The summed E-state index contributed by atoms with van der Waals surface area (Å²) in [6.07, 6.45) is 2.84. The first-order chi connectivity index (χ1) is 8.54.